The van der Waals surface area contributed by atoms with Gasteiger partial charge in [0.05, 0.1) is 6.61 Å². The minimum atomic E-state index is -0.231. The Hall–Kier alpha value is -4.64. The molecule has 1 aliphatic rings. The minimum absolute atomic E-state index is 0.228. The Balaban J connectivity index is 1.22. The number of urea groups is 1. The van der Waals surface area contributed by atoms with Gasteiger partial charge in [-0.25, -0.2) is 4.79 Å². The number of imide groups is 1. The van der Waals surface area contributed by atoms with Crippen LogP contribution < -0.4 is 4.74 Å². The molecule has 5 rings (SSSR count). The predicted octanol–water partition coefficient (Wildman–Crippen LogP) is 7.57. The Morgan fingerprint density at radius 1 is 0.548 bits per heavy atom. The highest BCUT2D eigenvalue weighted by atomic mass is 16.5. The molecule has 0 bridgehead atoms. The molecule has 0 radical (unpaired) electrons. The number of carbonyl (C=O) groups is 2. The summed E-state index contributed by atoms with van der Waals surface area (Å²) in [5.74, 6) is 0.565. The van der Waals surface area contributed by atoms with E-state index in [0.717, 1.165) is 49.8 Å². The molecule has 5 heteroatoms. The third kappa shape index (κ3) is 7.97. The van der Waals surface area contributed by atoms with Crippen molar-refractivity contribution in [3.8, 4) is 5.75 Å². The second-order valence-electron chi connectivity index (χ2n) is 10.6. The van der Waals surface area contributed by atoms with Crippen LogP contribution in [0.25, 0.3) is 6.08 Å². The van der Waals surface area contributed by atoms with Crippen molar-refractivity contribution in [2.24, 2.45) is 0 Å². The summed E-state index contributed by atoms with van der Waals surface area (Å²) in [7, 11) is 0. The molecule has 1 saturated heterocycles. The number of hydrogen-bond acceptors (Lipinski definition) is 3. The highest BCUT2D eigenvalue weighted by molar-refractivity contribution is 6.13. The average Bonchev–Trinajstić information content (AvgIpc) is 3.25. The Kier molecular flexibility index (Phi) is 10.2. The molecule has 4 aromatic rings. The van der Waals surface area contributed by atoms with Crippen LogP contribution in [0.15, 0.2) is 121 Å². The monoisotopic (exact) mass is 558 g/mol. The van der Waals surface area contributed by atoms with Crippen LogP contribution in [0.3, 0.4) is 0 Å². The first kappa shape index (κ1) is 28.9. The van der Waals surface area contributed by atoms with Crippen LogP contribution in [-0.2, 0) is 24.1 Å². The van der Waals surface area contributed by atoms with Crippen LogP contribution in [0.1, 0.15) is 41.5 Å². The molecule has 1 heterocycles. The van der Waals surface area contributed by atoms with Crippen LogP contribution in [0, 0.1) is 0 Å². The molecule has 0 aliphatic carbocycles. The zero-order valence-electron chi connectivity index (χ0n) is 24.0. The first-order valence-corrected chi connectivity index (χ1v) is 14.9. The molecule has 1 aliphatic heterocycles. The summed E-state index contributed by atoms with van der Waals surface area (Å²) in [6, 6.07) is 38.3. The molecular formula is C37H38N2O3. The highest BCUT2D eigenvalue weighted by Gasteiger charge is 2.40. The lowest BCUT2D eigenvalue weighted by atomic mass is 10.1. The van der Waals surface area contributed by atoms with E-state index in [1.54, 1.807) is 4.90 Å². The largest absolute Gasteiger partial charge is 0.494 e. The van der Waals surface area contributed by atoms with Crippen molar-refractivity contribution in [3.05, 3.63) is 143 Å². The summed E-state index contributed by atoms with van der Waals surface area (Å²) in [5, 5.41) is 0. The summed E-state index contributed by atoms with van der Waals surface area (Å²) < 4.78 is 5.94. The fourth-order valence-electron chi connectivity index (χ4n) is 5.24. The van der Waals surface area contributed by atoms with Crippen molar-refractivity contribution in [3.63, 3.8) is 0 Å². The average molecular weight is 559 g/mol. The van der Waals surface area contributed by atoms with E-state index in [0.29, 0.717) is 25.4 Å². The standard InChI is InChI=1S/C37H38N2O3/c40-36-35(29-33-22-24-34(25-23-33)42-28-12-21-32-17-8-3-9-18-32)38(26-10-19-30-13-4-1-5-14-30)37(41)39(36)27-11-20-31-15-6-2-7-16-31/h1-9,13-18,22-25,29H,10-12,19-21,26-28H2/b35-29+. The van der Waals surface area contributed by atoms with Crippen LogP contribution >= 0.6 is 0 Å². The van der Waals surface area contributed by atoms with Gasteiger partial charge in [-0.3, -0.25) is 14.6 Å². The number of nitrogens with zero attached hydrogens (tertiary/aromatic N) is 2. The first-order valence-electron chi connectivity index (χ1n) is 14.9. The summed E-state index contributed by atoms with van der Waals surface area (Å²) in [6.45, 7) is 1.52. The number of benzene rings is 4. The van der Waals surface area contributed by atoms with Crippen molar-refractivity contribution in [1.29, 1.82) is 0 Å². The van der Waals surface area contributed by atoms with Gasteiger partial charge in [-0.1, -0.05) is 103 Å². The van der Waals surface area contributed by atoms with Gasteiger partial charge in [0.25, 0.3) is 5.91 Å². The number of ether oxygens (including phenoxy) is 1. The molecular weight excluding hydrogens is 520 g/mol. The van der Waals surface area contributed by atoms with Crippen molar-refractivity contribution in [2.75, 3.05) is 19.7 Å². The van der Waals surface area contributed by atoms with Crippen molar-refractivity contribution in [2.45, 2.75) is 38.5 Å². The molecule has 0 spiro atoms. The molecule has 0 atom stereocenters. The van der Waals surface area contributed by atoms with E-state index in [2.05, 4.69) is 48.5 Å². The van der Waals surface area contributed by atoms with Gasteiger partial charge in [0, 0.05) is 13.1 Å². The molecule has 4 aromatic carbocycles. The van der Waals surface area contributed by atoms with Crippen molar-refractivity contribution >= 4 is 18.0 Å². The second kappa shape index (κ2) is 14.8. The second-order valence-corrected chi connectivity index (χ2v) is 10.6. The lowest BCUT2D eigenvalue weighted by molar-refractivity contribution is -0.123. The molecule has 0 unspecified atom stereocenters. The SMILES string of the molecule is O=C1/C(=C\c2ccc(OCCCc3ccccc3)cc2)N(CCCc2ccccc2)C(=O)N1CCCc1ccccc1. The summed E-state index contributed by atoms with van der Waals surface area (Å²) in [6.07, 6.45) is 6.90. The van der Waals surface area contributed by atoms with Crippen molar-refractivity contribution in [1.82, 2.24) is 9.80 Å². The minimum Gasteiger partial charge on any atom is -0.494 e. The maximum atomic E-state index is 13.5. The quantitative estimate of drug-likeness (QED) is 0.0911. The summed E-state index contributed by atoms with van der Waals surface area (Å²) in [4.78, 5) is 30.1. The summed E-state index contributed by atoms with van der Waals surface area (Å²) in [5.41, 5.74) is 5.03. The molecule has 42 heavy (non-hydrogen) atoms. The molecule has 0 saturated carbocycles. The fourth-order valence-corrected chi connectivity index (χ4v) is 5.24. The molecule has 214 valence electrons. The number of hydrogen-bond donors (Lipinski definition) is 0. The van der Waals surface area contributed by atoms with Gasteiger partial charge in [0.15, 0.2) is 0 Å². The zero-order valence-corrected chi connectivity index (χ0v) is 24.0. The normalized spacial score (nSPS) is 14.1. The molecule has 1 fully saturated rings. The van der Waals surface area contributed by atoms with Crippen molar-refractivity contribution < 1.29 is 14.3 Å². The van der Waals surface area contributed by atoms with E-state index in [9.17, 15) is 9.59 Å². The summed E-state index contributed by atoms with van der Waals surface area (Å²) >= 11 is 0. The third-order valence-electron chi connectivity index (χ3n) is 7.50. The Labute approximate surface area is 249 Å². The molecule has 3 amide bonds. The fraction of sp³-hybridized carbons (Fsp3) is 0.243. The highest BCUT2D eigenvalue weighted by Crippen LogP contribution is 2.26. The van der Waals surface area contributed by atoms with E-state index in [4.69, 9.17) is 4.74 Å². The van der Waals surface area contributed by atoms with Crippen LogP contribution in [0.2, 0.25) is 0 Å². The number of carbonyl (C=O) groups excluding carboxylic acids is 2. The third-order valence-corrected chi connectivity index (χ3v) is 7.50. The lowest BCUT2D eigenvalue weighted by Gasteiger charge is -2.17. The topological polar surface area (TPSA) is 49.9 Å². The Morgan fingerprint density at radius 3 is 1.55 bits per heavy atom. The van der Waals surface area contributed by atoms with E-state index in [1.165, 1.54) is 21.6 Å². The number of amides is 3. The predicted molar refractivity (Wildman–Crippen MR) is 168 cm³/mol. The first-order chi connectivity index (χ1) is 20.7. The molecule has 0 N–H and O–H groups in total. The van der Waals surface area contributed by atoms with Crippen LogP contribution in [0.4, 0.5) is 4.79 Å². The smallest absolute Gasteiger partial charge is 0.331 e. The van der Waals surface area contributed by atoms with Gasteiger partial charge in [0.1, 0.15) is 11.4 Å². The van der Waals surface area contributed by atoms with E-state index in [-0.39, 0.29) is 11.9 Å². The van der Waals surface area contributed by atoms with E-state index >= 15 is 0 Å². The van der Waals surface area contributed by atoms with Gasteiger partial charge in [-0.05, 0) is 79.0 Å². The lowest BCUT2D eigenvalue weighted by Crippen LogP contribution is -2.34. The van der Waals surface area contributed by atoms with Gasteiger partial charge < -0.3 is 4.74 Å². The number of aryl methyl sites for hydroxylation is 3. The van der Waals surface area contributed by atoms with E-state index < -0.39 is 0 Å². The van der Waals surface area contributed by atoms with Crippen LogP contribution in [-0.4, -0.2) is 41.4 Å². The molecule has 0 aromatic heterocycles. The molecule has 5 nitrogen and oxygen atoms in total. The maximum absolute atomic E-state index is 13.5. The van der Waals surface area contributed by atoms with E-state index in [1.807, 2.05) is 72.8 Å². The zero-order chi connectivity index (χ0) is 29.0. The van der Waals surface area contributed by atoms with Gasteiger partial charge in [0.2, 0.25) is 0 Å². The number of rotatable bonds is 14. The van der Waals surface area contributed by atoms with Crippen LogP contribution in [0.5, 0.6) is 5.75 Å². The van der Waals surface area contributed by atoms with Gasteiger partial charge >= 0.3 is 6.03 Å². The van der Waals surface area contributed by atoms with Gasteiger partial charge in [-0.15, -0.1) is 0 Å². The van der Waals surface area contributed by atoms with Gasteiger partial charge in [-0.2, -0.15) is 0 Å². The maximum Gasteiger partial charge on any atom is 0.331 e. The Morgan fingerprint density at radius 2 is 1.02 bits per heavy atom. The Bertz CT molecular complexity index is 1450.